The summed E-state index contributed by atoms with van der Waals surface area (Å²) in [7, 11) is 0. The van der Waals surface area contributed by atoms with Crippen LogP contribution in [-0.2, 0) is 0 Å². The number of fused-ring (bicyclic) bond motifs is 1. The van der Waals surface area contributed by atoms with E-state index in [4.69, 9.17) is 5.26 Å². The molecule has 0 bridgehead atoms. The van der Waals surface area contributed by atoms with Gasteiger partial charge in [0.05, 0.1) is 28.4 Å². The van der Waals surface area contributed by atoms with E-state index in [1.165, 1.54) is 24.3 Å². The number of carbonyl (C=O) groups is 1. The lowest BCUT2D eigenvalue weighted by Crippen LogP contribution is -2.00. The van der Waals surface area contributed by atoms with Crippen molar-refractivity contribution < 1.29 is 14.3 Å². The van der Waals surface area contributed by atoms with E-state index in [1.807, 2.05) is 6.07 Å². The van der Waals surface area contributed by atoms with Crippen LogP contribution in [0.4, 0.5) is 4.39 Å². The van der Waals surface area contributed by atoms with E-state index in [2.05, 4.69) is 4.98 Å². The largest absolute Gasteiger partial charge is 0.478 e. The number of carboxylic acids is 1. The third-order valence-corrected chi connectivity index (χ3v) is 3.31. The van der Waals surface area contributed by atoms with Gasteiger partial charge in [0.25, 0.3) is 0 Å². The molecule has 0 unspecified atom stereocenters. The summed E-state index contributed by atoms with van der Waals surface area (Å²) in [5.41, 5.74) is 1.91. The molecule has 3 aromatic rings. The van der Waals surface area contributed by atoms with Crippen LogP contribution < -0.4 is 0 Å². The lowest BCUT2D eigenvalue weighted by molar-refractivity contribution is 0.0699. The first-order valence-corrected chi connectivity index (χ1v) is 6.42. The molecule has 0 saturated carbocycles. The van der Waals surface area contributed by atoms with Gasteiger partial charge in [-0.1, -0.05) is 12.1 Å². The summed E-state index contributed by atoms with van der Waals surface area (Å²) < 4.78 is 13.4. The molecule has 2 aromatic carbocycles. The first-order chi connectivity index (χ1) is 10.6. The summed E-state index contributed by atoms with van der Waals surface area (Å²) >= 11 is 0. The molecule has 4 nitrogen and oxygen atoms in total. The van der Waals surface area contributed by atoms with Crippen molar-refractivity contribution >= 4 is 16.9 Å². The molecule has 0 radical (unpaired) electrons. The molecule has 1 N–H and O–H groups in total. The van der Waals surface area contributed by atoms with Crippen molar-refractivity contribution in [2.24, 2.45) is 0 Å². The Hall–Kier alpha value is -3.26. The number of aromatic nitrogens is 1. The Balaban J connectivity index is 2.25. The zero-order valence-electron chi connectivity index (χ0n) is 11.2. The van der Waals surface area contributed by atoms with E-state index in [0.29, 0.717) is 22.2 Å². The second kappa shape index (κ2) is 5.26. The summed E-state index contributed by atoms with van der Waals surface area (Å²) in [6, 6.07) is 13.9. The van der Waals surface area contributed by atoms with Crippen molar-refractivity contribution in [1.82, 2.24) is 4.98 Å². The maximum absolute atomic E-state index is 13.4. The second-order valence-corrected chi connectivity index (χ2v) is 4.71. The van der Waals surface area contributed by atoms with Gasteiger partial charge < -0.3 is 5.11 Å². The minimum Gasteiger partial charge on any atom is -0.478 e. The number of nitriles is 1. The molecule has 0 saturated heterocycles. The number of pyridine rings is 1. The van der Waals surface area contributed by atoms with Gasteiger partial charge in [-0.2, -0.15) is 5.26 Å². The smallest absolute Gasteiger partial charge is 0.336 e. The van der Waals surface area contributed by atoms with Gasteiger partial charge in [0.1, 0.15) is 5.82 Å². The lowest BCUT2D eigenvalue weighted by atomic mass is 10.0. The second-order valence-electron chi connectivity index (χ2n) is 4.71. The number of carboxylic acid groups (broad SMARTS) is 1. The highest BCUT2D eigenvalue weighted by Gasteiger charge is 2.13. The molecule has 3 rings (SSSR count). The average Bonchev–Trinajstić information content (AvgIpc) is 2.53. The Morgan fingerprint density at radius 3 is 2.50 bits per heavy atom. The van der Waals surface area contributed by atoms with Crippen LogP contribution in [0.15, 0.2) is 48.5 Å². The molecule has 0 aliphatic rings. The van der Waals surface area contributed by atoms with Crippen LogP contribution in [0.25, 0.3) is 22.2 Å². The summed E-state index contributed by atoms with van der Waals surface area (Å²) in [4.78, 5) is 15.7. The van der Waals surface area contributed by atoms with E-state index in [1.54, 1.807) is 24.3 Å². The van der Waals surface area contributed by atoms with E-state index >= 15 is 0 Å². The summed E-state index contributed by atoms with van der Waals surface area (Å²) in [6.45, 7) is 0. The molecular weight excluding hydrogens is 283 g/mol. The number of nitrogens with zero attached hydrogens (tertiary/aromatic N) is 2. The Morgan fingerprint density at radius 1 is 1.14 bits per heavy atom. The zero-order chi connectivity index (χ0) is 15.7. The SMILES string of the molecule is N#Cc1ccc(-c2cc(C(=O)O)c3ccc(F)cc3n2)cc1. The predicted molar refractivity (Wildman–Crippen MR) is 78.8 cm³/mol. The van der Waals surface area contributed by atoms with Gasteiger partial charge in [0, 0.05) is 17.0 Å². The molecule has 0 aliphatic carbocycles. The van der Waals surface area contributed by atoms with Crippen LogP contribution in [0.1, 0.15) is 15.9 Å². The molecule has 1 aromatic heterocycles. The minimum absolute atomic E-state index is 0.0596. The molecule has 0 atom stereocenters. The Morgan fingerprint density at radius 2 is 1.86 bits per heavy atom. The van der Waals surface area contributed by atoms with Crippen molar-refractivity contribution in [1.29, 1.82) is 5.26 Å². The van der Waals surface area contributed by atoms with Crippen LogP contribution in [0.5, 0.6) is 0 Å². The monoisotopic (exact) mass is 292 g/mol. The van der Waals surface area contributed by atoms with Crippen molar-refractivity contribution in [3.05, 3.63) is 65.5 Å². The Bertz CT molecular complexity index is 928. The quantitative estimate of drug-likeness (QED) is 0.783. The molecule has 1 heterocycles. The maximum atomic E-state index is 13.4. The van der Waals surface area contributed by atoms with E-state index in [9.17, 15) is 14.3 Å². The number of hydrogen-bond acceptors (Lipinski definition) is 3. The highest BCUT2D eigenvalue weighted by molar-refractivity contribution is 6.03. The van der Waals surface area contributed by atoms with Crippen LogP contribution in [-0.4, -0.2) is 16.1 Å². The van der Waals surface area contributed by atoms with E-state index < -0.39 is 11.8 Å². The zero-order valence-corrected chi connectivity index (χ0v) is 11.2. The number of rotatable bonds is 2. The highest BCUT2D eigenvalue weighted by Crippen LogP contribution is 2.25. The molecule has 0 fully saturated rings. The maximum Gasteiger partial charge on any atom is 0.336 e. The molecule has 0 spiro atoms. The average molecular weight is 292 g/mol. The van der Waals surface area contributed by atoms with Gasteiger partial charge in [-0.25, -0.2) is 14.2 Å². The van der Waals surface area contributed by atoms with Gasteiger partial charge >= 0.3 is 5.97 Å². The number of halogens is 1. The van der Waals surface area contributed by atoms with Gasteiger partial charge in [-0.05, 0) is 30.3 Å². The van der Waals surface area contributed by atoms with Crippen molar-refractivity contribution in [3.8, 4) is 17.3 Å². The first-order valence-electron chi connectivity index (χ1n) is 6.42. The number of aromatic carboxylic acids is 1. The van der Waals surface area contributed by atoms with Crippen molar-refractivity contribution in [2.45, 2.75) is 0 Å². The van der Waals surface area contributed by atoms with Gasteiger partial charge in [-0.15, -0.1) is 0 Å². The van der Waals surface area contributed by atoms with Crippen LogP contribution >= 0.6 is 0 Å². The van der Waals surface area contributed by atoms with E-state index in [0.717, 1.165) is 0 Å². The third-order valence-electron chi connectivity index (χ3n) is 3.31. The minimum atomic E-state index is -1.10. The lowest BCUT2D eigenvalue weighted by Gasteiger charge is -2.07. The molecule has 0 amide bonds. The van der Waals surface area contributed by atoms with E-state index in [-0.39, 0.29) is 11.1 Å². The van der Waals surface area contributed by atoms with Gasteiger partial charge in [0.2, 0.25) is 0 Å². The van der Waals surface area contributed by atoms with Crippen LogP contribution in [0.3, 0.4) is 0 Å². The third kappa shape index (κ3) is 2.38. The fourth-order valence-corrected chi connectivity index (χ4v) is 2.24. The van der Waals surface area contributed by atoms with Gasteiger partial charge in [-0.3, -0.25) is 0 Å². The van der Waals surface area contributed by atoms with Crippen molar-refractivity contribution in [2.75, 3.05) is 0 Å². The predicted octanol–water partition coefficient (Wildman–Crippen LogP) is 3.61. The van der Waals surface area contributed by atoms with Crippen LogP contribution in [0.2, 0.25) is 0 Å². The molecule has 0 aliphatic heterocycles. The summed E-state index contributed by atoms with van der Waals surface area (Å²) in [5, 5.41) is 18.5. The Labute approximate surface area is 125 Å². The standard InChI is InChI=1S/C17H9FN2O2/c18-12-5-6-13-14(17(21)22)8-15(20-16(13)7-12)11-3-1-10(9-19)2-4-11/h1-8H,(H,21,22). The van der Waals surface area contributed by atoms with Crippen LogP contribution in [0, 0.1) is 17.1 Å². The number of hydrogen-bond donors (Lipinski definition) is 1. The Kier molecular flexibility index (Phi) is 3.28. The molecular formula is C17H9FN2O2. The topological polar surface area (TPSA) is 74.0 Å². The molecule has 106 valence electrons. The fraction of sp³-hybridized carbons (Fsp3) is 0. The summed E-state index contributed by atoms with van der Waals surface area (Å²) in [6.07, 6.45) is 0. The normalized spacial score (nSPS) is 10.4. The van der Waals surface area contributed by atoms with Gasteiger partial charge in [0.15, 0.2) is 0 Å². The highest BCUT2D eigenvalue weighted by atomic mass is 19.1. The fourth-order valence-electron chi connectivity index (χ4n) is 2.24. The molecule has 5 heteroatoms. The first kappa shape index (κ1) is 13.7. The summed E-state index contributed by atoms with van der Waals surface area (Å²) in [5.74, 6) is -1.58. The van der Waals surface area contributed by atoms with Crippen molar-refractivity contribution in [3.63, 3.8) is 0 Å². The molecule has 22 heavy (non-hydrogen) atoms. The number of benzene rings is 2.